The summed E-state index contributed by atoms with van der Waals surface area (Å²) in [5, 5.41) is 3.65. The Morgan fingerprint density at radius 1 is 1.16 bits per heavy atom. The summed E-state index contributed by atoms with van der Waals surface area (Å²) < 4.78 is 5.87. The zero-order valence-corrected chi connectivity index (χ0v) is 14.6. The standard InChI is InChI=1S/C20H18ClNO3/c1-2-3-10-17-18(19(23)15-9-4-5-11-16(15)25-17)20(24)22-14-8-6-7-13(21)12-14/h4-9,11-12H,2-3,10H2,1H3,(H,22,24). The minimum Gasteiger partial charge on any atom is -0.460 e. The first-order valence-corrected chi connectivity index (χ1v) is 8.59. The van der Waals surface area contributed by atoms with Gasteiger partial charge in [-0.2, -0.15) is 0 Å². The summed E-state index contributed by atoms with van der Waals surface area (Å²) in [6.45, 7) is 2.05. The number of para-hydroxylation sites is 1. The van der Waals surface area contributed by atoms with Crippen molar-refractivity contribution < 1.29 is 9.21 Å². The van der Waals surface area contributed by atoms with Crippen LogP contribution in [0.2, 0.25) is 5.02 Å². The van der Waals surface area contributed by atoms with E-state index in [1.807, 2.05) is 6.92 Å². The molecule has 0 saturated carbocycles. The number of carbonyl (C=O) groups excluding carboxylic acids is 1. The minimum atomic E-state index is -0.479. The van der Waals surface area contributed by atoms with Crippen molar-refractivity contribution in [2.75, 3.05) is 5.32 Å². The molecule has 1 heterocycles. The lowest BCUT2D eigenvalue weighted by molar-refractivity contribution is 0.102. The van der Waals surface area contributed by atoms with E-state index in [1.165, 1.54) is 0 Å². The van der Waals surface area contributed by atoms with Crippen molar-refractivity contribution in [3.63, 3.8) is 0 Å². The molecule has 1 amide bonds. The maximum Gasteiger partial charge on any atom is 0.263 e. The highest BCUT2D eigenvalue weighted by Gasteiger charge is 2.20. The number of hydrogen-bond donors (Lipinski definition) is 1. The third kappa shape index (κ3) is 3.74. The Morgan fingerprint density at radius 2 is 1.96 bits per heavy atom. The molecule has 3 rings (SSSR count). The van der Waals surface area contributed by atoms with Crippen LogP contribution in [0.1, 0.15) is 35.9 Å². The van der Waals surface area contributed by atoms with Crippen LogP contribution in [0.15, 0.2) is 57.7 Å². The first-order valence-electron chi connectivity index (χ1n) is 8.21. The van der Waals surface area contributed by atoms with Gasteiger partial charge in [-0.15, -0.1) is 0 Å². The second-order valence-corrected chi connectivity index (χ2v) is 6.23. The van der Waals surface area contributed by atoms with Crippen molar-refractivity contribution in [1.29, 1.82) is 0 Å². The molecular weight excluding hydrogens is 338 g/mol. The zero-order chi connectivity index (χ0) is 17.8. The average Bonchev–Trinajstić information content (AvgIpc) is 2.60. The fraction of sp³-hybridized carbons (Fsp3) is 0.200. The number of rotatable bonds is 5. The van der Waals surface area contributed by atoms with Crippen LogP contribution in [0.4, 0.5) is 5.69 Å². The third-order valence-corrected chi connectivity index (χ3v) is 4.17. The van der Waals surface area contributed by atoms with Crippen molar-refractivity contribution in [1.82, 2.24) is 0 Å². The fourth-order valence-electron chi connectivity index (χ4n) is 2.69. The molecule has 0 aliphatic heterocycles. The Kier molecular flexibility index (Phi) is 5.19. The lowest BCUT2D eigenvalue weighted by Crippen LogP contribution is -2.24. The molecule has 25 heavy (non-hydrogen) atoms. The summed E-state index contributed by atoms with van der Waals surface area (Å²) in [6, 6.07) is 13.8. The Bertz CT molecular complexity index is 978. The molecule has 2 aromatic carbocycles. The number of anilines is 1. The summed E-state index contributed by atoms with van der Waals surface area (Å²) in [5.41, 5.74) is 0.781. The molecule has 3 aromatic rings. The van der Waals surface area contributed by atoms with E-state index < -0.39 is 5.91 Å². The van der Waals surface area contributed by atoms with Crippen molar-refractivity contribution in [3.05, 3.63) is 75.1 Å². The number of fused-ring (bicyclic) bond motifs is 1. The van der Waals surface area contributed by atoms with Crippen molar-refractivity contribution in [2.24, 2.45) is 0 Å². The van der Waals surface area contributed by atoms with Gasteiger partial charge in [0.05, 0.1) is 5.39 Å². The highest BCUT2D eigenvalue weighted by Crippen LogP contribution is 2.20. The SMILES string of the molecule is CCCCc1oc2ccccc2c(=O)c1C(=O)Nc1cccc(Cl)c1. The van der Waals surface area contributed by atoms with Crippen molar-refractivity contribution in [2.45, 2.75) is 26.2 Å². The summed E-state index contributed by atoms with van der Waals surface area (Å²) >= 11 is 5.95. The summed E-state index contributed by atoms with van der Waals surface area (Å²) in [5.74, 6) is -0.0575. The second kappa shape index (κ2) is 7.53. The van der Waals surface area contributed by atoms with E-state index in [0.717, 1.165) is 12.8 Å². The van der Waals surface area contributed by atoms with Crippen LogP contribution >= 0.6 is 11.6 Å². The number of unbranched alkanes of at least 4 members (excludes halogenated alkanes) is 1. The maximum absolute atomic E-state index is 12.9. The molecule has 1 aromatic heterocycles. The van der Waals surface area contributed by atoms with Gasteiger partial charge in [-0.3, -0.25) is 9.59 Å². The molecule has 0 radical (unpaired) electrons. The number of nitrogens with one attached hydrogen (secondary N) is 1. The second-order valence-electron chi connectivity index (χ2n) is 5.79. The molecule has 128 valence electrons. The van der Waals surface area contributed by atoms with Gasteiger partial charge in [-0.25, -0.2) is 0 Å². The van der Waals surface area contributed by atoms with E-state index >= 15 is 0 Å². The van der Waals surface area contributed by atoms with Crippen LogP contribution in [0.25, 0.3) is 11.0 Å². The molecule has 0 spiro atoms. The third-order valence-electron chi connectivity index (χ3n) is 3.94. The monoisotopic (exact) mass is 355 g/mol. The molecule has 0 atom stereocenters. The normalized spacial score (nSPS) is 10.8. The highest BCUT2D eigenvalue weighted by molar-refractivity contribution is 6.31. The number of amides is 1. The van der Waals surface area contributed by atoms with Gasteiger partial charge in [0, 0.05) is 17.1 Å². The number of benzene rings is 2. The van der Waals surface area contributed by atoms with E-state index in [-0.39, 0.29) is 11.0 Å². The molecule has 4 nitrogen and oxygen atoms in total. The smallest absolute Gasteiger partial charge is 0.263 e. The minimum absolute atomic E-state index is 0.0622. The van der Waals surface area contributed by atoms with Crippen LogP contribution in [-0.2, 0) is 6.42 Å². The Morgan fingerprint density at radius 3 is 2.72 bits per heavy atom. The molecule has 0 unspecified atom stereocenters. The van der Waals surface area contributed by atoms with Crippen molar-refractivity contribution >= 4 is 34.2 Å². The van der Waals surface area contributed by atoms with Crippen LogP contribution in [0.5, 0.6) is 0 Å². The van der Waals surface area contributed by atoms with Gasteiger partial charge in [-0.1, -0.05) is 43.1 Å². The molecule has 5 heteroatoms. The van der Waals surface area contributed by atoms with Crippen LogP contribution < -0.4 is 10.7 Å². The predicted octanol–water partition coefficient (Wildman–Crippen LogP) is 5.04. The van der Waals surface area contributed by atoms with Gasteiger partial charge >= 0.3 is 0 Å². The Hall–Kier alpha value is -2.59. The van der Waals surface area contributed by atoms with E-state index in [0.29, 0.717) is 33.9 Å². The Balaban J connectivity index is 2.07. The number of aryl methyl sites for hydroxylation is 1. The molecular formula is C20H18ClNO3. The topological polar surface area (TPSA) is 59.3 Å². The summed E-state index contributed by atoms with van der Waals surface area (Å²) in [6.07, 6.45) is 2.31. The molecule has 0 bridgehead atoms. The fourth-order valence-corrected chi connectivity index (χ4v) is 2.88. The largest absolute Gasteiger partial charge is 0.460 e. The Labute approximate surface area is 150 Å². The van der Waals surface area contributed by atoms with E-state index in [1.54, 1.807) is 48.5 Å². The number of halogens is 1. The molecule has 0 saturated heterocycles. The maximum atomic E-state index is 12.9. The molecule has 0 aliphatic carbocycles. The molecule has 0 aliphatic rings. The van der Waals surface area contributed by atoms with Gasteiger partial charge in [-0.05, 0) is 36.8 Å². The van der Waals surface area contributed by atoms with Gasteiger partial charge in [0.1, 0.15) is 16.9 Å². The van der Waals surface area contributed by atoms with Crippen molar-refractivity contribution in [3.8, 4) is 0 Å². The van der Waals surface area contributed by atoms with Gasteiger partial charge < -0.3 is 9.73 Å². The van der Waals surface area contributed by atoms with Crippen LogP contribution in [0, 0.1) is 0 Å². The van der Waals surface area contributed by atoms with Crippen LogP contribution in [-0.4, -0.2) is 5.91 Å². The first-order chi connectivity index (χ1) is 12.1. The number of carbonyl (C=O) groups is 1. The first kappa shape index (κ1) is 17.2. The summed E-state index contributed by atoms with van der Waals surface area (Å²) in [7, 11) is 0. The predicted molar refractivity (Wildman–Crippen MR) is 101 cm³/mol. The quantitative estimate of drug-likeness (QED) is 0.697. The molecule has 0 fully saturated rings. The van der Waals surface area contributed by atoms with Gasteiger partial charge in [0.15, 0.2) is 0 Å². The lowest BCUT2D eigenvalue weighted by atomic mass is 10.1. The van der Waals surface area contributed by atoms with E-state index in [9.17, 15) is 9.59 Å². The lowest BCUT2D eigenvalue weighted by Gasteiger charge is -2.10. The average molecular weight is 356 g/mol. The number of hydrogen-bond acceptors (Lipinski definition) is 3. The zero-order valence-electron chi connectivity index (χ0n) is 13.8. The van der Waals surface area contributed by atoms with Gasteiger partial charge in [0.25, 0.3) is 5.91 Å². The molecule has 1 N–H and O–H groups in total. The van der Waals surface area contributed by atoms with E-state index in [4.69, 9.17) is 16.0 Å². The van der Waals surface area contributed by atoms with Gasteiger partial charge in [0.2, 0.25) is 5.43 Å². The summed E-state index contributed by atoms with van der Waals surface area (Å²) in [4.78, 5) is 25.6. The van der Waals surface area contributed by atoms with E-state index in [2.05, 4.69) is 5.32 Å². The highest BCUT2D eigenvalue weighted by atomic mass is 35.5. The van der Waals surface area contributed by atoms with Crippen LogP contribution in [0.3, 0.4) is 0 Å².